The van der Waals surface area contributed by atoms with Gasteiger partial charge in [-0.15, -0.1) is 11.3 Å². The van der Waals surface area contributed by atoms with E-state index in [0.29, 0.717) is 16.1 Å². The number of pyridine rings is 1. The van der Waals surface area contributed by atoms with Gasteiger partial charge in [-0.2, -0.15) is 0 Å². The lowest BCUT2D eigenvalue weighted by Crippen LogP contribution is -2.43. The van der Waals surface area contributed by atoms with Crippen LogP contribution < -0.4 is 16.4 Å². The zero-order chi connectivity index (χ0) is 20.1. The average Bonchev–Trinajstić information content (AvgIpc) is 3.29. The second-order valence-electron chi connectivity index (χ2n) is 7.65. The molecule has 2 aromatic heterocycles. The molecule has 4 N–H and O–H groups in total. The van der Waals surface area contributed by atoms with Crippen LogP contribution in [0.2, 0.25) is 0 Å². The third-order valence-electron chi connectivity index (χ3n) is 5.74. The zero-order valence-corrected chi connectivity index (χ0v) is 16.4. The minimum absolute atomic E-state index is 0.0572. The molecule has 150 valence electrons. The fourth-order valence-corrected chi connectivity index (χ4v) is 5.27. The first-order valence-corrected chi connectivity index (χ1v) is 10.5. The van der Waals surface area contributed by atoms with Crippen molar-refractivity contribution >= 4 is 33.1 Å². The van der Waals surface area contributed by atoms with Crippen molar-refractivity contribution in [3.63, 3.8) is 0 Å². The van der Waals surface area contributed by atoms with E-state index in [-0.39, 0.29) is 41.7 Å². The SMILES string of the molecule is NC1CCCCC1Nc1nc(-c2cc3ccc(F)cc3s2)c2c(c1F)CNC2=O. The van der Waals surface area contributed by atoms with Crippen molar-refractivity contribution in [2.75, 3.05) is 5.32 Å². The molecule has 8 heteroatoms. The summed E-state index contributed by atoms with van der Waals surface area (Å²) in [6, 6.07) is 6.28. The fourth-order valence-electron chi connectivity index (χ4n) is 4.19. The van der Waals surface area contributed by atoms with Gasteiger partial charge in [0.2, 0.25) is 0 Å². The lowest BCUT2D eigenvalue weighted by atomic mass is 9.91. The summed E-state index contributed by atoms with van der Waals surface area (Å²) in [5, 5.41) is 6.74. The van der Waals surface area contributed by atoms with Gasteiger partial charge in [0.15, 0.2) is 11.6 Å². The molecule has 5 nitrogen and oxygen atoms in total. The normalized spacial score (nSPS) is 21.3. The number of aromatic nitrogens is 1. The summed E-state index contributed by atoms with van der Waals surface area (Å²) in [5.74, 6) is -1.05. The van der Waals surface area contributed by atoms with E-state index in [1.54, 1.807) is 6.07 Å². The van der Waals surface area contributed by atoms with E-state index in [9.17, 15) is 9.18 Å². The van der Waals surface area contributed by atoms with Crippen LogP contribution in [0.15, 0.2) is 24.3 Å². The molecule has 2 atom stereocenters. The Morgan fingerprint density at radius 2 is 2.03 bits per heavy atom. The van der Waals surface area contributed by atoms with Crippen LogP contribution in [0.4, 0.5) is 14.6 Å². The molecule has 3 heterocycles. The van der Waals surface area contributed by atoms with Gasteiger partial charge in [0.25, 0.3) is 5.91 Å². The third-order valence-corrected chi connectivity index (χ3v) is 6.85. The highest BCUT2D eigenvalue weighted by molar-refractivity contribution is 7.22. The number of carbonyl (C=O) groups excluding carboxylic acids is 1. The van der Waals surface area contributed by atoms with Gasteiger partial charge in [-0.3, -0.25) is 4.79 Å². The Kier molecular flexibility index (Phi) is 4.48. The first-order chi connectivity index (χ1) is 14.0. The lowest BCUT2D eigenvalue weighted by molar-refractivity contribution is 0.0966. The number of hydrogen-bond donors (Lipinski definition) is 3. The van der Waals surface area contributed by atoms with Gasteiger partial charge >= 0.3 is 0 Å². The Morgan fingerprint density at radius 3 is 2.86 bits per heavy atom. The molecule has 1 amide bonds. The number of anilines is 1. The number of hydrogen-bond acceptors (Lipinski definition) is 5. The summed E-state index contributed by atoms with van der Waals surface area (Å²) in [6.45, 7) is 0.125. The standard InChI is InChI=1S/C21H20F2N4OS/c22-11-6-5-10-7-16(29-15(10)8-11)19-17-12(9-25-21(17)28)18(23)20(27-19)26-14-4-2-1-3-13(14)24/h5-8,13-14H,1-4,9,24H2,(H,25,28)(H,26,27). The van der Waals surface area contributed by atoms with Crippen LogP contribution >= 0.6 is 11.3 Å². The number of fused-ring (bicyclic) bond motifs is 2. The minimum Gasteiger partial charge on any atom is -0.363 e. The van der Waals surface area contributed by atoms with E-state index in [1.807, 2.05) is 6.07 Å². The summed E-state index contributed by atoms with van der Waals surface area (Å²) < 4.78 is 29.5. The van der Waals surface area contributed by atoms with E-state index in [4.69, 9.17) is 5.73 Å². The molecule has 2 aliphatic rings. The molecule has 29 heavy (non-hydrogen) atoms. The molecule has 1 saturated carbocycles. The predicted octanol–water partition coefficient (Wildman–Crippen LogP) is 4.17. The number of benzene rings is 1. The summed E-state index contributed by atoms with van der Waals surface area (Å²) in [4.78, 5) is 17.6. The maximum Gasteiger partial charge on any atom is 0.254 e. The van der Waals surface area contributed by atoms with Crippen LogP contribution in [0.1, 0.15) is 41.6 Å². The number of carbonyl (C=O) groups is 1. The fraction of sp³-hybridized carbons (Fsp3) is 0.333. The number of amides is 1. The Labute approximate surface area is 170 Å². The minimum atomic E-state index is -0.507. The zero-order valence-electron chi connectivity index (χ0n) is 15.6. The number of nitrogens with one attached hydrogen (secondary N) is 2. The van der Waals surface area contributed by atoms with Crippen molar-refractivity contribution < 1.29 is 13.6 Å². The van der Waals surface area contributed by atoms with Gasteiger partial charge in [0.1, 0.15) is 5.82 Å². The number of nitrogens with two attached hydrogens (primary N) is 1. The van der Waals surface area contributed by atoms with Crippen LogP contribution in [-0.2, 0) is 6.54 Å². The Hall–Kier alpha value is -2.58. The van der Waals surface area contributed by atoms with E-state index in [1.165, 1.54) is 23.5 Å². The molecule has 1 fully saturated rings. The first-order valence-electron chi connectivity index (χ1n) is 9.73. The average molecular weight is 414 g/mol. The van der Waals surface area contributed by atoms with Gasteiger partial charge in [0.05, 0.1) is 16.1 Å². The van der Waals surface area contributed by atoms with E-state index in [0.717, 1.165) is 35.8 Å². The first kappa shape index (κ1) is 18.4. The molecule has 0 radical (unpaired) electrons. The van der Waals surface area contributed by atoms with Crippen LogP contribution in [0.3, 0.4) is 0 Å². The van der Waals surface area contributed by atoms with Crippen molar-refractivity contribution in [2.45, 2.75) is 44.3 Å². The largest absolute Gasteiger partial charge is 0.363 e. The molecule has 0 spiro atoms. The number of thiophene rings is 1. The van der Waals surface area contributed by atoms with Crippen molar-refractivity contribution in [3.8, 4) is 10.6 Å². The van der Waals surface area contributed by atoms with Crippen LogP contribution in [0, 0.1) is 11.6 Å². The Bertz CT molecular complexity index is 1130. The second kappa shape index (κ2) is 7.03. The number of nitrogens with zero attached hydrogens (tertiary/aromatic N) is 1. The molecule has 3 aromatic rings. The van der Waals surface area contributed by atoms with Crippen molar-refractivity contribution in [1.29, 1.82) is 0 Å². The maximum atomic E-state index is 15.2. The monoisotopic (exact) mass is 414 g/mol. The molecule has 1 aromatic carbocycles. The number of rotatable bonds is 3. The van der Waals surface area contributed by atoms with E-state index < -0.39 is 5.82 Å². The topological polar surface area (TPSA) is 80.0 Å². The number of halogens is 2. The van der Waals surface area contributed by atoms with Gasteiger partial charge in [0, 0.05) is 28.9 Å². The summed E-state index contributed by atoms with van der Waals surface area (Å²) in [6.07, 6.45) is 3.85. The molecule has 0 saturated heterocycles. The van der Waals surface area contributed by atoms with E-state index in [2.05, 4.69) is 15.6 Å². The summed E-state index contributed by atoms with van der Waals surface area (Å²) in [7, 11) is 0. The van der Waals surface area contributed by atoms with Crippen LogP contribution in [0.5, 0.6) is 0 Å². The molecule has 0 bridgehead atoms. The van der Waals surface area contributed by atoms with Crippen molar-refractivity contribution in [1.82, 2.24) is 10.3 Å². The van der Waals surface area contributed by atoms with Gasteiger partial charge in [-0.1, -0.05) is 18.9 Å². The Morgan fingerprint density at radius 1 is 1.21 bits per heavy atom. The summed E-state index contributed by atoms with van der Waals surface area (Å²) in [5.41, 5.74) is 7.21. The van der Waals surface area contributed by atoms with Gasteiger partial charge in [-0.25, -0.2) is 13.8 Å². The molecule has 2 unspecified atom stereocenters. The lowest BCUT2D eigenvalue weighted by Gasteiger charge is -2.30. The highest BCUT2D eigenvalue weighted by Gasteiger charge is 2.32. The third kappa shape index (κ3) is 3.16. The van der Waals surface area contributed by atoms with E-state index >= 15 is 4.39 Å². The highest BCUT2D eigenvalue weighted by Crippen LogP contribution is 2.39. The summed E-state index contributed by atoms with van der Waals surface area (Å²) >= 11 is 1.34. The predicted molar refractivity (Wildman–Crippen MR) is 110 cm³/mol. The second-order valence-corrected chi connectivity index (χ2v) is 8.73. The molecular formula is C21H20F2N4OS. The van der Waals surface area contributed by atoms with Crippen molar-refractivity contribution in [3.05, 3.63) is 47.0 Å². The van der Waals surface area contributed by atoms with Gasteiger partial charge < -0.3 is 16.4 Å². The molecule has 5 rings (SSSR count). The molecule has 1 aliphatic carbocycles. The Balaban J connectivity index is 1.63. The van der Waals surface area contributed by atoms with Crippen molar-refractivity contribution in [2.24, 2.45) is 5.73 Å². The van der Waals surface area contributed by atoms with Gasteiger partial charge in [-0.05, 0) is 36.4 Å². The maximum absolute atomic E-state index is 15.2. The molecule has 1 aliphatic heterocycles. The smallest absolute Gasteiger partial charge is 0.254 e. The molecular weight excluding hydrogens is 394 g/mol. The quantitative estimate of drug-likeness (QED) is 0.601. The highest BCUT2D eigenvalue weighted by atomic mass is 32.1. The van der Waals surface area contributed by atoms with Crippen LogP contribution in [-0.4, -0.2) is 23.0 Å². The van der Waals surface area contributed by atoms with Crippen LogP contribution in [0.25, 0.3) is 20.7 Å².